The van der Waals surface area contributed by atoms with Gasteiger partial charge in [-0.2, -0.15) is 0 Å². The van der Waals surface area contributed by atoms with Gasteiger partial charge in [-0.15, -0.1) is 0 Å². The van der Waals surface area contributed by atoms with Gasteiger partial charge in [0.05, 0.1) is 16.6 Å². The SMILES string of the molecule is CCCCCCNC(=O)c1cc(C)nc2onc(C)c12. The highest BCUT2D eigenvalue weighted by Gasteiger charge is 2.17. The number of pyridine rings is 1. The summed E-state index contributed by atoms with van der Waals surface area (Å²) in [7, 11) is 0. The van der Waals surface area contributed by atoms with E-state index in [0.717, 1.165) is 18.5 Å². The zero-order valence-corrected chi connectivity index (χ0v) is 12.3. The Hall–Kier alpha value is -1.91. The van der Waals surface area contributed by atoms with Crippen LogP contribution >= 0.6 is 0 Å². The van der Waals surface area contributed by atoms with E-state index in [-0.39, 0.29) is 5.91 Å². The molecule has 2 heterocycles. The van der Waals surface area contributed by atoms with Crippen molar-refractivity contribution in [3.63, 3.8) is 0 Å². The maximum atomic E-state index is 12.3. The number of unbranched alkanes of at least 4 members (excludes halogenated alkanes) is 3. The molecule has 0 saturated carbocycles. The molecular weight excluding hydrogens is 254 g/mol. The number of aromatic nitrogens is 2. The van der Waals surface area contributed by atoms with Crippen molar-refractivity contribution in [2.24, 2.45) is 0 Å². The molecule has 0 saturated heterocycles. The first kappa shape index (κ1) is 14.5. The molecule has 0 aliphatic rings. The molecule has 1 amide bonds. The van der Waals surface area contributed by atoms with Crippen LogP contribution in [0.4, 0.5) is 0 Å². The van der Waals surface area contributed by atoms with Crippen molar-refractivity contribution in [2.75, 3.05) is 6.54 Å². The van der Waals surface area contributed by atoms with E-state index in [1.165, 1.54) is 12.8 Å². The highest BCUT2D eigenvalue weighted by molar-refractivity contribution is 6.05. The molecule has 0 fully saturated rings. The van der Waals surface area contributed by atoms with Crippen LogP contribution in [0.15, 0.2) is 10.6 Å². The first-order valence-corrected chi connectivity index (χ1v) is 7.15. The van der Waals surface area contributed by atoms with E-state index in [2.05, 4.69) is 22.4 Å². The second-order valence-corrected chi connectivity index (χ2v) is 5.08. The minimum absolute atomic E-state index is 0.0803. The number of nitrogens with zero attached hydrogens (tertiary/aromatic N) is 2. The molecular formula is C15H21N3O2. The third-order valence-corrected chi connectivity index (χ3v) is 3.31. The maximum absolute atomic E-state index is 12.3. The number of rotatable bonds is 6. The number of hydrogen-bond acceptors (Lipinski definition) is 4. The Kier molecular flexibility index (Phi) is 4.71. The average molecular weight is 275 g/mol. The van der Waals surface area contributed by atoms with Gasteiger partial charge in [-0.25, -0.2) is 4.98 Å². The molecule has 0 radical (unpaired) electrons. The van der Waals surface area contributed by atoms with E-state index in [1.54, 1.807) is 6.07 Å². The van der Waals surface area contributed by atoms with Crippen LogP contribution in [0.3, 0.4) is 0 Å². The van der Waals surface area contributed by atoms with Gasteiger partial charge >= 0.3 is 0 Å². The molecule has 20 heavy (non-hydrogen) atoms. The Morgan fingerprint density at radius 1 is 1.30 bits per heavy atom. The average Bonchev–Trinajstić information content (AvgIpc) is 2.79. The number of carbonyl (C=O) groups is 1. The smallest absolute Gasteiger partial charge is 0.258 e. The largest absolute Gasteiger partial charge is 0.352 e. The molecule has 2 rings (SSSR count). The van der Waals surface area contributed by atoms with Crippen molar-refractivity contribution >= 4 is 17.0 Å². The molecule has 0 aliphatic carbocycles. The first-order chi connectivity index (χ1) is 9.63. The molecule has 0 aromatic carbocycles. The van der Waals surface area contributed by atoms with E-state index >= 15 is 0 Å². The lowest BCUT2D eigenvalue weighted by molar-refractivity contribution is 0.0954. The lowest BCUT2D eigenvalue weighted by Gasteiger charge is -2.06. The van der Waals surface area contributed by atoms with Gasteiger partial charge in [0.2, 0.25) is 0 Å². The molecule has 0 spiro atoms. The van der Waals surface area contributed by atoms with E-state index in [4.69, 9.17) is 4.52 Å². The third-order valence-electron chi connectivity index (χ3n) is 3.31. The Morgan fingerprint density at radius 2 is 2.10 bits per heavy atom. The van der Waals surface area contributed by atoms with Crippen molar-refractivity contribution in [3.05, 3.63) is 23.0 Å². The molecule has 0 unspecified atom stereocenters. The minimum atomic E-state index is -0.0803. The molecule has 108 valence electrons. The lowest BCUT2D eigenvalue weighted by atomic mass is 10.1. The molecule has 0 aliphatic heterocycles. The highest BCUT2D eigenvalue weighted by Crippen LogP contribution is 2.21. The normalized spacial score (nSPS) is 10.9. The Balaban J connectivity index is 2.11. The predicted octanol–water partition coefficient (Wildman–Crippen LogP) is 3.15. The van der Waals surface area contributed by atoms with Crippen molar-refractivity contribution in [2.45, 2.75) is 46.5 Å². The summed E-state index contributed by atoms with van der Waals surface area (Å²) in [4.78, 5) is 16.5. The van der Waals surface area contributed by atoms with Crippen molar-refractivity contribution in [3.8, 4) is 0 Å². The van der Waals surface area contributed by atoms with Crippen molar-refractivity contribution in [1.29, 1.82) is 0 Å². The number of hydrogen-bond donors (Lipinski definition) is 1. The molecule has 2 aromatic rings. The van der Waals surface area contributed by atoms with Crippen LogP contribution < -0.4 is 5.32 Å². The van der Waals surface area contributed by atoms with Crippen LogP contribution in [0.1, 0.15) is 54.4 Å². The molecule has 0 atom stereocenters. The lowest BCUT2D eigenvalue weighted by Crippen LogP contribution is -2.25. The second kappa shape index (κ2) is 6.50. The van der Waals surface area contributed by atoms with Crippen LogP contribution in [0, 0.1) is 13.8 Å². The van der Waals surface area contributed by atoms with Gasteiger partial charge in [0.25, 0.3) is 11.6 Å². The van der Waals surface area contributed by atoms with Gasteiger partial charge in [0.15, 0.2) is 0 Å². The van der Waals surface area contributed by atoms with Crippen LogP contribution in [0.2, 0.25) is 0 Å². The van der Waals surface area contributed by atoms with Crippen molar-refractivity contribution in [1.82, 2.24) is 15.5 Å². The molecule has 1 N–H and O–H groups in total. The predicted molar refractivity (Wildman–Crippen MR) is 77.8 cm³/mol. The van der Waals surface area contributed by atoms with E-state index in [1.807, 2.05) is 13.8 Å². The van der Waals surface area contributed by atoms with Gasteiger partial charge in [-0.3, -0.25) is 4.79 Å². The molecule has 0 bridgehead atoms. The summed E-state index contributed by atoms with van der Waals surface area (Å²) < 4.78 is 5.14. The highest BCUT2D eigenvalue weighted by atomic mass is 16.5. The Morgan fingerprint density at radius 3 is 2.85 bits per heavy atom. The fourth-order valence-electron chi connectivity index (χ4n) is 2.25. The van der Waals surface area contributed by atoms with E-state index in [0.29, 0.717) is 28.9 Å². The van der Waals surface area contributed by atoms with Gasteiger partial charge in [0.1, 0.15) is 0 Å². The summed E-state index contributed by atoms with van der Waals surface area (Å²) >= 11 is 0. The van der Waals surface area contributed by atoms with E-state index < -0.39 is 0 Å². The van der Waals surface area contributed by atoms with Gasteiger partial charge in [0, 0.05) is 12.2 Å². The number of amides is 1. The van der Waals surface area contributed by atoms with Gasteiger partial charge in [-0.05, 0) is 26.3 Å². The zero-order valence-electron chi connectivity index (χ0n) is 12.3. The topological polar surface area (TPSA) is 68.0 Å². The van der Waals surface area contributed by atoms with E-state index in [9.17, 15) is 4.79 Å². The standard InChI is InChI=1S/C15H21N3O2/c1-4-5-6-7-8-16-14(19)12-9-10(2)17-15-13(12)11(3)18-20-15/h9H,4-8H2,1-3H3,(H,16,19). The minimum Gasteiger partial charge on any atom is -0.352 e. The van der Waals surface area contributed by atoms with Crippen LogP contribution in [-0.4, -0.2) is 22.6 Å². The Labute approximate surface area is 118 Å². The summed E-state index contributed by atoms with van der Waals surface area (Å²) in [5.41, 5.74) is 2.48. The zero-order chi connectivity index (χ0) is 14.5. The monoisotopic (exact) mass is 275 g/mol. The maximum Gasteiger partial charge on any atom is 0.258 e. The molecule has 5 nitrogen and oxygen atoms in total. The molecule has 2 aromatic heterocycles. The van der Waals surface area contributed by atoms with Crippen LogP contribution in [0.25, 0.3) is 11.1 Å². The quantitative estimate of drug-likeness (QED) is 0.822. The summed E-state index contributed by atoms with van der Waals surface area (Å²) in [6, 6.07) is 1.79. The van der Waals surface area contributed by atoms with Gasteiger partial charge < -0.3 is 9.84 Å². The summed E-state index contributed by atoms with van der Waals surface area (Å²) in [5.74, 6) is -0.0803. The van der Waals surface area contributed by atoms with Crippen LogP contribution in [0.5, 0.6) is 0 Å². The number of carbonyl (C=O) groups excluding carboxylic acids is 1. The summed E-state index contributed by atoms with van der Waals surface area (Å²) in [6.45, 7) is 6.53. The molecule has 5 heteroatoms. The van der Waals surface area contributed by atoms with Crippen LogP contribution in [-0.2, 0) is 0 Å². The number of nitrogens with one attached hydrogen (secondary N) is 1. The van der Waals surface area contributed by atoms with Crippen molar-refractivity contribution < 1.29 is 9.32 Å². The Bertz CT molecular complexity index is 604. The first-order valence-electron chi connectivity index (χ1n) is 7.15. The number of aryl methyl sites for hydroxylation is 2. The summed E-state index contributed by atoms with van der Waals surface area (Å²) in [5, 5.41) is 7.55. The van der Waals surface area contributed by atoms with Gasteiger partial charge in [-0.1, -0.05) is 31.3 Å². The fourth-order valence-corrected chi connectivity index (χ4v) is 2.25. The fraction of sp³-hybridized carbons (Fsp3) is 0.533. The number of fused-ring (bicyclic) bond motifs is 1. The third kappa shape index (κ3) is 3.15. The summed E-state index contributed by atoms with van der Waals surface area (Å²) in [6.07, 6.45) is 4.56. The second-order valence-electron chi connectivity index (χ2n) is 5.08.